The molecule has 138 valence electrons. The lowest BCUT2D eigenvalue weighted by Gasteiger charge is -2.27. The number of nitrogens with one attached hydrogen (secondary N) is 1. The number of nitriles is 1. The van der Waals surface area contributed by atoms with E-state index in [9.17, 15) is 10.1 Å². The van der Waals surface area contributed by atoms with Gasteiger partial charge in [-0.25, -0.2) is 0 Å². The number of amides is 1. The van der Waals surface area contributed by atoms with E-state index < -0.39 is 5.54 Å². The number of quaternary nitrogens is 1. The van der Waals surface area contributed by atoms with E-state index in [-0.39, 0.29) is 24.4 Å². The van der Waals surface area contributed by atoms with Gasteiger partial charge in [-0.3, -0.25) is 4.79 Å². The molecule has 4 nitrogen and oxygen atoms in total. The van der Waals surface area contributed by atoms with Gasteiger partial charge >= 0.3 is 0 Å². The van der Waals surface area contributed by atoms with Crippen molar-refractivity contribution >= 4 is 17.2 Å². The van der Waals surface area contributed by atoms with Crippen molar-refractivity contribution < 1.29 is 10.1 Å². The highest BCUT2D eigenvalue weighted by Gasteiger charge is 2.31. The van der Waals surface area contributed by atoms with E-state index in [1.54, 1.807) is 18.3 Å². The van der Waals surface area contributed by atoms with E-state index in [4.69, 9.17) is 0 Å². The van der Waals surface area contributed by atoms with Gasteiger partial charge in [-0.05, 0) is 36.3 Å². The van der Waals surface area contributed by atoms with Crippen LogP contribution in [0.4, 0.5) is 0 Å². The molecule has 3 N–H and O–H groups in total. The first-order chi connectivity index (χ1) is 12.4. The van der Waals surface area contributed by atoms with E-state index in [1.807, 2.05) is 25.2 Å². The second-order valence-electron chi connectivity index (χ2n) is 7.05. The number of nitrogens with zero attached hydrogens (tertiary/aromatic N) is 1. The standard InChI is InChI=1S/C21H27N3OS/c1-5-16-8-10-17(11-9-16)20(18-7-6-12-26-18)23-13-19(25)24-21(4,14-22)15(2)3/h6-12,15,20,23H,5,13H2,1-4H3,(H,24,25)/p+1/t20-,21-/m1/s1. The summed E-state index contributed by atoms with van der Waals surface area (Å²) in [5.41, 5.74) is 1.65. The van der Waals surface area contributed by atoms with Gasteiger partial charge in [-0.15, -0.1) is 11.3 Å². The first-order valence-corrected chi connectivity index (χ1v) is 9.95. The molecule has 1 heterocycles. The Bertz CT molecular complexity index is 747. The van der Waals surface area contributed by atoms with Crippen molar-refractivity contribution in [3.63, 3.8) is 0 Å². The normalized spacial score (nSPS) is 14.5. The third kappa shape index (κ3) is 4.94. The average Bonchev–Trinajstić information content (AvgIpc) is 3.16. The fourth-order valence-corrected chi connectivity index (χ4v) is 3.56. The van der Waals surface area contributed by atoms with Crippen LogP contribution in [0.2, 0.25) is 0 Å². The number of thiophene rings is 1. The topological polar surface area (TPSA) is 69.5 Å². The number of hydrogen-bond donors (Lipinski definition) is 2. The molecule has 0 aliphatic heterocycles. The van der Waals surface area contributed by atoms with Crippen molar-refractivity contribution in [2.75, 3.05) is 6.54 Å². The van der Waals surface area contributed by atoms with Crippen molar-refractivity contribution in [2.24, 2.45) is 5.92 Å². The van der Waals surface area contributed by atoms with Gasteiger partial charge in [0.1, 0.15) is 11.6 Å². The molecular formula is C21H28N3OS+. The molecule has 26 heavy (non-hydrogen) atoms. The average molecular weight is 371 g/mol. The first kappa shape index (κ1) is 20.2. The van der Waals surface area contributed by atoms with Crippen LogP contribution in [0.5, 0.6) is 0 Å². The summed E-state index contributed by atoms with van der Waals surface area (Å²) in [6.07, 6.45) is 1.01. The Morgan fingerprint density at radius 2 is 2.00 bits per heavy atom. The maximum atomic E-state index is 12.4. The Balaban J connectivity index is 2.11. The first-order valence-electron chi connectivity index (χ1n) is 9.07. The molecule has 1 aromatic heterocycles. The molecule has 5 heteroatoms. The molecule has 0 saturated heterocycles. The second kappa shape index (κ2) is 8.98. The van der Waals surface area contributed by atoms with Crippen LogP contribution in [0.25, 0.3) is 0 Å². The van der Waals surface area contributed by atoms with Gasteiger partial charge in [-0.1, -0.05) is 51.1 Å². The zero-order valence-corrected chi connectivity index (χ0v) is 16.8. The van der Waals surface area contributed by atoms with Crippen LogP contribution in [0.15, 0.2) is 41.8 Å². The van der Waals surface area contributed by atoms with Crippen LogP contribution in [-0.4, -0.2) is 18.0 Å². The SMILES string of the molecule is CCc1ccc([C@@H]([NH2+]CC(=O)N[C@](C)(C#N)C(C)C)c2cccs2)cc1. The van der Waals surface area contributed by atoms with Crippen LogP contribution in [0.3, 0.4) is 0 Å². The summed E-state index contributed by atoms with van der Waals surface area (Å²) in [4.78, 5) is 13.7. The Labute approximate surface area is 160 Å². The molecule has 0 fully saturated rings. The predicted molar refractivity (Wildman–Crippen MR) is 106 cm³/mol. The van der Waals surface area contributed by atoms with Crippen LogP contribution in [0.1, 0.15) is 49.7 Å². The molecule has 2 rings (SSSR count). The molecule has 0 bridgehead atoms. The third-order valence-corrected chi connectivity index (χ3v) is 5.88. The number of aryl methyl sites for hydroxylation is 1. The van der Waals surface area contributed by atoms with Crippen LogP contribution < -0.4 is 10.6 Å². The largest absolute Gasteiger partial charge is 0.333 e. The van der Waals surface area contributed by atoms with Crippen molar-refractivity contribution in [3.05, 3.63) is 57.8 Å². The van der Waals surface area contributed by atoms with Crippen molar-refractivity contribution in [3.8, 4) is 6.07 Å². The quantitative estimate of drug-likeness (QED) is 0.750. The fraction of sp³-hybridized carbons (Fsp3) is 0.429. The van der Waals surface area contributed by atoms with E-state index in [2.05, 4.69) is 54.0 Å². The minimum Gasteiger partial charge on any atom is -0.333 e. The highest BCUT2D eigenvalue weighted by molar-refractivity contribution is 7.10. The minimum absolute atomic E-state index is 0.0473. The molecule has 1 amide bonds. The molecule has 0 aliphatic carbocycles. The lowest BCUT2D eigenvalue weighted by Crippen LogP contribution is -2.88. The van der Waals surface area contributed by atoms with Gasteiger partial charge in [0, 0.05) is 5.56 Å². The molecular weight excluding hydrogens is 342 g/mol. The number of carbonyl (C=O) groups is 1. The number of rotatable bonds is 8. The van der Waals surface area contributed by atoms with Crippen molar-refractivity contribution in [1.82, 2.24) is 5.32 Å². The van der Waals surface area contributed by atoms with Gasteiger partial charge in [0.25, 0.3) is 5.91 Å². The van der Waals surface area contributed by atoms with E-state index in [1.165, 1.54) is 16.0 Å². The minimum atomic E-state index is -0.841. The summed E-state index contributed by atoms with van der Waals surface area (Å²) in [7, 11) is 0. The van der Waals surface area contributed by atoms with Crippen molar-refractivity contribution in [1.29, 1.82) is 5.26 Å². The highest BCUT2D eigenvalue weighted by Crippen LogP contribution is 2.23. The molecule has 0 radical (unpaired) electrons. The second-order valence-corrected chi connectivity index (χ2v) is 8.02. The van der Waals surface area contributed by atoms with E-state index in [0.717, 1.165) is 6.42 Å². The Morgan fingerprint density at radius 3 is 2.50 bits per heavy atom. The molecule has 1 aromatic carbocycles. The number of carbonyl (C=O) groups excluding carboxylic acids is 1. The van der Waals surface area contributed by atoms with Gasteiger partial charge in [0.2, 0.25) is 0 Å². The maximum absolute atomic E-state index is 12.4. The number of nitrogens with two attached hydrogens (primary N) is 1. The van der Waals surface area contributed by atoms with Gasteiger partial charge < -0.3 is 10.6 Å². The monoisotopic (exact) mass is 370 g/mol. The van der Waals surface area contributed by atoms with Crippen LogP contribution >= 0.6 is 11.3 Å². The fourth-order valence-electron chi connectivity index (χ4n) is 2.71. The van der Waals surface area contributed by atoms with Gasteiger partial charge in [-0.2, -0.15) is 5.26 Å². The summed E-state index contributed by atoms with van der Waals surface area (Å²) < 4.78 is 0. The smallest absolute Gasteiger partial charge is 0.276 e. The van der Waals surface area contributed by atoms with Crippen LogP contribution in [0, 0.1) is 17.2 Å². The summed E-state index contributed by atoms with van der Waals surface area (Å²) in [5.74, 6) is -0.0689. The zero-order chi connectivity index (χ0) is 19.2. The summed E-state index contributed by atoms with van der Waals surface area (Å²) >= 11 is 1.69. The molecule has 0 unspecified atom stereocenters. The van der Waals surface area contributed by atoms with Crippen molar-refractivity contribution in [2.45, 2.75) is 45.7 Å². The molecule has 0 aliphatic rings. The molecule has 0 spiro atoms. The highest BCUT2D eigenvalue weighted by atomic mass is 32.1. The summed E-state index contributed by atoms with van der Waals surface area (Å²) in [6, 6.07) is 15.0. The third-order valence-electron chi connectivity index (χ3n) is 4.92. The van der Waals surface area contributed by atoms with E-state index in [0.29, 0.717) is 0 Å². The van der Waals surface area contributed by atoms with Gasteiger partial charge in [0.05, 0.1) is 10.9 Å². The zero-order valence-electron chi connectivity index (χ0n) is 16.0. The predicted octanol–water partition coefficient (Wildman–Crippen LogP) is 3.02. The molecule has 0 saturated carbocycles. The van der Waals surface area contributed by atoms with Crippen LogP contribution in [-0.2, 0) is 11.2 Å². The molecule has 2 atom stereocenters. The maximum Gasteiger partial charge on any atom is 0.276 e. The number of hydrogen-bond acceptors (Lipinski definition) is 3. The lowest BCUT2D eigenvalue weighted by atomic mass is 9.90. The number of benzene rings is 1. The summed E-state index contributed by atoms with van der Waals surface area (Å²) in [5, 5.41) is 16.4. The van der Waals surface area contributed by atoms with E-state index >= 15 is 0 Å². The Morgan fingerprint density at radius 1 is 1.31 bits per heavy atom. The summed E-state index contributed by atoms with van der Waals surface area (Å²) in [6.45, 7) is 8.08. The van der Waals surface area contributed by atoms with Gasteiger partial charge in [0.15, 0.2) is 6.54 Å². The molecule has 2 aromatic rings. The lowest BCUT2D eigenvalue weighted by molar-refractivity contribution is -0.676. The Hall–Kier alpha value is -2.16. The Kier molecular flexibility index (Phi) is 6.96.